The van der Waals surface area contributed by atoms with E-state index >= 15 is 0 Å². The van der Waals surface area contributed by atoms with Gasteiger partial charge >= 0.3 is 0 Å². The normalized spacial score (nSPS) is 13.1. The van der Waals surface area contributed by atoms with E-state index in [2.05, 4.69) is 5.92 Å². The Morgan fingerprint density at radius 2 is 1.93 bits per heavy atom. The maximum Gasteiger partial charge on any atom is 0.217 e. The minimum Gasteiger partial charge on any atom is -0.228 e. The molecule has 0 aliphatic heterocycles. The van der Waals surface area contributed by atoms with E-state index in [1.165, 1.54) is 0 Å². The lowest BCUT2D eigenvalue weighted by Gasteiger charge is -2.11. The summed E-state index contributed by atoms with van der Waals surface area (Å²) < 4.78 is 22.4. The summed E-state index contributed by atoms with van der Waals surface area (Å²) in [6, 6.07) is 8.71. The summed E-state index contributed by atoms with van der Waals surface area (Å²) in [5, 5.41) is 4.28. The number of terminal acetylenes is 1. The highest BCUT2D eigenvalue weighted by Crippen LogP contribution is 2.22. The zero-order chi connectivity index (χ0) is 10.6. The molecule has 0 aliphatic rings. The predicted octanol–water partition coefficient (Wildman–Crippen LogP) is 1.04. The van der Waals surface area contributed by atoms with Crippen molar-refractivity contribution in [3.05, 3.63) is 35.9 Å². The van der Waals surface area contributed by atoms with Gasteiger partial charge in [-0.1, -0.05) is 30.3 Å². The average Bonchev–Trinajstić information content (AvgIpc) is 2.14. The fraction of sp³-hybridized carbons (Fsp3) is 0.200. The van der Waals surface area contributed by atoms with Crippen molar-refractivity contribution >= 4 is 10.0 Å². The zero-order valence-electron chi connectivity index (χ0n) is 7.55. The summed E-state index contributed by atoms with van der Waals surface area (Å²) in [5.41, 5.74) is 0.632. The van der Waals surface area contributed by atoms with Crippen LogP contribution in [0.3, 0.4) is 0 Å². The summed E-state index contributed by atoms with van der Waals surface area (Å²) in [6.07, 6.45) is 5.19. The standard InChI is InChI=1S/C10H11NO2S/c1-2-6-10(14(11,12)13)9-7-4-3-5-8-9/h1,3-5,7-8,10H,6H2,(H2,11,12,13). The van der Waals surface area contributed by atoms with Crippen LogP contribution in [0.5, 0.6) is 0 Å². The first kappa shape index (κ1) is 10.8. The van der Waals surface area contributed by atoms with E-state index in [0.717, 1.165) is 0 Å². The number of hydrogen-bond acceptors (Lipinski definition) is 2. The maximum atomic E-state index is 11.2. The molecule has 1 atom stereocenters. The summed E-state index contributed by atoms with van der Waals surface area (Å²) in [5.74, 6) is 2.31. The second kappa shape index (κ2) is 4.27. The second-order valence-corrected chi connectivity index (χ2v) is 4.64. The molecule has 14 heavy (non-hydrogen) atoms. The van der Waals surface area contributed by atoms with Gasteiger partial charge in [0.05, 0.1) is 0 Å². The van der Waals surface area contributed by atoms with Crippen molar-refractivity contribution in [3.63, 3.8) is 0 Å². The molecule has 1 unspecified atom stereocenters. The first-order valence-corrected chi connectivity index (χ1v) is 5.66. The van der Waals surface area contributed by atoms with Crippen molar-refractivity contribution in [1.82, 2.24) is 0 Å². The minimum absolute atomic E-state index is 0.100. The third kappa shape index (κ3) is 2.59. The molecular formula is C10H11NO2S. The van der Waals surface area contributed by atoms with Gasteiger partial charge in [0.25, 0.3) is 0 Å². The van der Waals surface area contributed by atoms with Gasteiger partial charge in [-0.05, 0) is 5.56 Å². The van der Waals surface area contributed by atoms with Crippen molar-refractivity contribution in [2.45, 2.75) is 11.7 Å². The van der Waals surface area contributed by atoms with Crippen molar-refractivity contribution in [2.75, 3.05) is 0 Å². The Bertz CT molecular complexity index is 431. The molecule has 1 aromatic rings. The molecule has 0 saturated heterocycles. The number of primary sulfonamides is 1. The van der Waals surface area contributed by atoms with E-state index in [1.807, 2.05) is 0 Å². The first-order valence-electron chi connectivity index (χ1n) is 4.05. The monoisotopic (exact) mass is 209 g/mol. The quantitative estimate of drug-likeness (QED) is 0.756. The molecule has 0 radical (unpaired) electrons. The minimum atomic E-state index is -3.62. The van der Waals surface area contributed by atoms with E-state index < -0.39 is 15.3 Å². The molecule has 0 aliphatic carbocycles. The number of sulfonamides is 1. The number of benzene rings is 1. The molecule has 0 amide bonds. The van der Waals surface area contributed by atoms with Gasteiger partial charge in [-0.15, -0.1) is 12.3 Å². The summed E-state index contributed by atoms with van der Waals surface area (Å²) >= 11 is 0. The highest BCUT2D eigenvalue weighted by Gasteiger charge is 2.21. The Morgan fingerprint density at radius 1 is 1.36 bits per heavy atom. The van der Waals surface area contributed by atoms with Crippen LogP contribution in [0.2, 0.25) is 0 Å². The van der Waals surface area contributed by atoms with Crippen LogP contribution in [0.15, 0.2) is 30.3 Å². The van der Waals surface area contributed by atoms with Crippen molar-refractivity contribution < 1.29 is 8.42 Å². The first-order chi connectivity index (χ1) is 6.55. The Balaban J connectivity index is 3.09. The topological polar surface area (TPSA) is 60.2 Å². The highest BCUT2D eigenvalue weighted by atomic mass is 32.2. The lowest BCUT2D eigenvalue weighted by Crippen LogP contribution is -2.21. The maximum absolute atomic E-state index is 11.2. The highest BCUT2D eigenvalue weighted by molar-refractivity contribution is 7.89. The fourth-order valence-electron chi connectivity index (χ4n) is 1.20. The van der Waals surface area contributed by atoms with E-state index in [9.17, 15) is 8.42 Å². The molecule has 0 fully saturated rings. The van der Waals surface area contributed by atoms with Gasteiger partial charge in [0.1, 0.15) is 5.25 Å². The van der Waals surface area contributed by atoms with Gasteiger partial charge in [-0.25, -0.2) is 13.6 Å². The van der Waals surface area contributed by atoms with Gasteiger partial charge in [0.2, 0.25) is 10.0 Å². The van der Waals surface area contributed by atoms with Crippen molar-refractivity contribution in [1.29, 1.82) is 0 Å². The van der Waals surface area contributed by atoms with Crippen LogP contribution in [0.4, 0.5) is 0 Å². The largest absolute Gasteiger partial charge is 0.228 e. The SMILES string of the molecule is C#CCC(c1ccccc1)S(N)(=O)=O. The molecule has 74 valence electrons. The fourth-order valence-corrected chi connectivity index (χ4v) is 2.06. The number of nitrogens with two attached hydrogens (primary N) is 1. The van der Waals surface area contributed by atoms with E-state index in [0.29, 0.717) is 5.56 Å². The van der Waals surface area contributed by atoms with Gasteiger partial charge < -0.3 is 0 Å². The molecule has 2 N–H and O–H groups in total. The zero-order valence-corrected chi connectivity index (χ0v) is 8.37. The molecule has 1 rings (SSSR count). The van der Waals surface area contributed by atoms with Crippen LogP contribution in [-0.2, 0) is 10.0 Å². The Kier molecular flexibility index (Phi) is 3.28. The number of hydrogen-bond donors (Lipinski definition) is 1. The van der Waals surface area contributed by atoms with E-state index in [4.69, 9.17) is 11.6 Å². The van der Waals surface area contributed by atoms with Gasteiger partial charge in [0.15, 0.2) is 0 Å². The lowest BCUT2D eigenvalue weighted by atomic mass is 10.1. The van der Waals surface area contributed by atoms with Crippen LogP contribution in [-0.4, -0.2) is 8.42 Å². The molecule has 0 heterocycles. The molecule has 1 aromatic carbocycles. The molecule has 4 heteroatoms. The van der Waals surface area contributed by atoms with Crippen molar-refractivity contribution in [2.24, 2.45) is 5.14 Å². The Hall–Kier alpha value is -1.31. The molecule has 0 spiro atoms. The van der Waals surface area contributed by atoms with Gasteiger partial charge in [-0.3, -0.25) is 0 Å². The molecule has 0 saturated carbocycles. The predicted molar refractivity (Wildman–Crippen MR) is 55.7 cm³/mol. The van der Waals surface area contributed by atoms with Gasteiger partial charge in [0, 0.05) is 6.42 Å². The van der Waals surface area contributed by atoms with Crippen LogP contribution in [0.25, 0.3) is 0 Å². The second-order valence-electron chi connectivity index (χ2n) is 2.90. The molecule has 0 bridgehead atoms. The van der Waals surface area contributed by atoms with E-state index in [-0.39, 0.29) is 6.42 Å². The van der Waals surface area contributed by atoms with Crippen molar-refractivity contribution in [3.8, 4) is 12.3 Å². The van der Waals surface area contributed by atoms with Crippen LogP contribution >= 0.6 is 0 Å². The van der Waals surface area contributed by atoms with Crippen LogP contribution in [0, 0.1) is 12.3 Å². The Morgan fingerprint density at radius 3 is 2.36 bits per heavy atom. The molecular weight excluding hydrogens is 198 g/mol. The third-order valence-electron chi connectivity index (χ3n) is 1.87. The third-order valence-corrected chi connectivity index (χ3v) is 3.10. The molecule has 3 nitrogen and oxygen atoms in total. The summed E-state index contributed by atoms with van der Waals surface area (Å²) in [7, 11) is -3.62. The van der Waals surface area contributed by atoms with E-state index in [1.54, 1.807) is 30.3 Å². The molecule has 0 aromatic heterocycles. The summed E-state index contributed by atoms with van der Waals surface area (Å²) in [4.78, 5) is 0. The lowest BCUT2D eigenvalue weighted by molar-refractivity contribution is 0.584. The van der Waals surface area contributed by atoms with Gasteiger partial charge in [-0.2, -0.15) is 0 Å². The number of rotatable bonds is 3. The smallest absolute Gasteiger partial charge is 0.217 e. The average molecular weight is 209 g/mol. The Labute approximate surface area is 84.0 Å². The van der Waals surface area contributed by atoms with Crippen LogP contribution in [0.1, 0.15) is 17.2 Å². The summed E-state index contributed by atoms with van der Waals surface area (Å²) in [6.45, 7) is 0. The van der Waals surface area contributed by atoms with Crippen LogP contribution < -0.4 is 5.14 Å².